The van der Waals surface area contributed by atoms with Gasteiger partial charge in [0.2, 0.25) is 0 Å². The van der Waals surface area contributed by atoms with Crippen molar-refractivity contribution in [1.82, 2.24) is 10.2 Å². The lowest BCUT2D eigenvalue weighted by molar-refractivity contribution is 0.162. The minimum atomic E-state index is -0.294. The molecule has 3 nitrogen and oxygen atoms in total. The third-order valence-corrected chi connectivity index (χ3v) is 4.29. The lowest BCUT2D eigenvalue weighted by Crippen LogP contribution is -2.45. The Morgan fingerprint density at radius 1 is 1.35 bits per heavy atom. The fraction of sp³-hybridized carbons (Fsp3) is 0.556. The topological polar surface area (TPSA) is 24.5 Å². The maximum Gasteiger partial charge on any atom is 0.165 e. The molecule has 0 amide bonds. The minimum Gasteiger partial charge on any atom is -0.494 e. The molecule has 1 aromatic rings. The average Bonchev–Trinajstić information content (AvgIpc) is 2.56. The first kappa shape index (κ1) is 19.9. The van der Waals surface area contributed by atoms with Gasteiger partial charge in [-0.1, -0.05) is 18.6 Å². The summed E-state index contributed by atoms with van der Waals surface area (Å²) in [6.07, 6.45) is 6.43. The Bertz CT molecular complexity index is 478. The summed E-state index contributed by atoms with van der Waals surface area (Å²) in [6, 6.07) is 5.61. The molecule has 1 fully saturated rings. The molecule has 130 valence electrons. The number of unbranched alkanes of at least 4 members (excludes halogenated alkanes) is 2. The highest BCUT2D eigenvalue weighted by molar-refractivity contribution is 5.85. The molecule has 1 aliphatic rings. The van der Waals surface area contributed by atoms with Gasteiger partial charge in [-0.05, 0) is 37.0 Å². The van der Waals surface area contributed by atoms with Crippen molar-refractivity contribution in [3.8, 4) is 5.75 Å². The van der Waals surface area contributed by atoms with Crippen molar-refractivity contribution in [1.29, 1.82) is 0 Å². The smallest absolute Gasteiger partial charge is 0.165 e. The second kappa shape index (κ2) is 10.6. The number of hydrogen-bond donors (Lipinski definition) is 1. The van der Waals surface area contributed by atoms with Crippen LogP contribution in [0.3, 0.4) is 0 Å². The zero-order chi connectivity index (χ0) is 15.8. The molecule has 0 aromatic heterocycles. The summed E-state index contributed by atoms with van der Waals surface area (Å²) in [7, 11) is 1.52. The van der Waals surface area contributed by atoms with E-state index in [1.807, 2.05) is 18.2 Å². The summed E-state index contributed by atoms with van der Waals surface area (Å²) >= 11 is 0. The number of benzene rings is 1. The standard InChI is InChI=1S/C18H27FN2O.ClH/c1-3-4-5-6-7-17(21-12-10-20-11-13-21)15-8-9-16(19)18(14-15)22-2;/h3,8-9,14,17,20H,1,4-7,10-13H2,2H3;1H/t17-;/m1./s1. The number of hydrogen-bond acceptors (Lipinski definition) is 3. The van der Waals surface area contributed by atoms with E-state index >= 15 is 0 Å². The summed E-state index contributed by atoms with van der Waals surface area (Å²) < 4.78 is 18.8. The first-order valence-electron chi connectivity index (χ1n) is 8.15. The zero-order valence-electron chi connectivity index (χ0n) is 13.9. The minimum absolute atomic E-state index is 0. The van der Waals surface area contributed by atoms with Gasteiger partial charge in [-0.3, -0.25) is 4.90 Å². The van der Waals surface area contributed by atoms with Crippen LogP contribution in [-0.4, -0.2) is 38.2 Å². The van der Waals surface area contributed by atoms with Crippen LogP contribution in [0, 0.1) is 5.82 Å². The first-order valence-corrected chi connectivity index (χ1v) is 8.15. The predicted molar refractivity (Wildman–Crippen MR) is 96.0 cm³/mol. The van der Waals surface area contributed by atoms with Crippen molar-refractivity contribution in [2.75, 3.05) is 33.3 Å². The summed E-state index contributed by atoms with van der Waals surface area (Å²) in [5.41, 5.74) is 1.15. The van der Waals surface area contributed by atoms with Crippen molar-refractivity contribution in [2.45, 2.75) is 31.7 Å². The Morgan fingerprint density at radius 3 is 2.74 bits per heavy atom. The lowest BCUT2D eigenvalue weighted by Gasteiger charge is -2.35. The van der Waals surface area contributed by atoms with Crippen LogP contribution < -0.4 is 10.1 Å². The van der Waals surface area contributed by atoms with Gasteiger partial charge in [0.05, 0.1) is 7.11 Å². The number of piperazine rings is 1. The van der Waals surface area contributed by atoms with E-state index in [1.165, 1.54) is 13.2 Å². The van der Waals surface area contributed by atoms with Crippen LogP contribution in [0.2, 0.25) is 0 Å². The molecule has 0 bridgehead atoms. The second-order valence-corrected chi connectivity index (χ2v) is 5.77. The Balaban J connectivity index is 0.00000264. The Hall–Kier alpha value is -1.10. The molecule has 1 N–H and O–H groups in total. The number of ether oxygens (including phenoxy) is 1. The second-order valence-electron chi connectivity index (χ2n) is 5.77. The maximum atomic E-state index is 13.7. The summed E-state index contributed by atoms with van der Waals surface area (Å²) in [6.45, 7) is 7.88. The van der Waals surface area contributed by atoms with Crippen LogP contribution in [0.25, 0.3) is 0 Å². The zero-order valence-corrected chi connectivity index (χ0v) is 14.7. The van der Waals surface area contributed by atoms with E-state index in [9.17, 15) is 4.39 Å². The van der Waals surface area contributed by atoms with Gasteiger partial charge in [0.25, 0.3) is 0 Å². The molecule has 0 radical (unpaired) electrons. The quantitative estimate of drug-likeness (QED) is 0.572. The van der Waals surface area contributed by atoms with E-state index < -0.39 is 0 Å². The van der Waals surface area contributed by atoms with Gasteiger partial charge < -0.3 is 10.1 Å². The van der Waals surface area contributed by atoms with Crippen molar-refractivity contribution >= 4 is 12.4 Å². The molecule has 23 heavy (non-hydrogen) atoms. The monoisotopic (exact) mass is 342 g/mol. The van der Waals surface area contributed by atoms with Gasteiger partial charge in [0.1, 0.15) is 0 Å². The third kappa shape index (κ3) is 5.79. The van der Waals surface area contributed by atoms with E-state index in [2.05, 4.69) is 16.8 Å². The molecular weight excluding hydrogens is 315 g/mol. The highest BCUT2D eigenvalue weighted by atomic mass is 35.5. The highest BCUT2D eigenvalue weighted by Crippen LogP contribution is 2.30. The fourth-order valence-electron chi connectivity index (χ4n) is 3.06. The highest BCUT2D eigenvalue weighted by Gasteiger charge is 2.22. The first-order chi connectivity index (χ1) is 10.8. The Labute approximate surface area is 145 Å². The molecule has 0 unspecified atom stereocenters. The van der Waals surface area contributed by atoms with Crippen molar-refractivity contribution in [3.63, 3.8) is 0 Å². The lowest BCUT2D eigenvalue weighted by atomic mass is 9.97. The van der Waals surface area contributed by atoms with Gasteiger partial charge in [0.15, 0.2) is 11.6 Å². The number of methoxy groups -OCH3 is 1. The molecule has 1 aromatic carbocycles. The van der Waals surface area contributed by atoms with E-state index in [0.717, 1.165) is 57.4 Å². The SMILES string of the molecule is C=CCCCC[C@H](c1ccc(F)c(OC)c1)N1CCNCC1.Cl. The number of rotatable bonds is 8. The van der Waals surface area contributed by atoms with Gasteiger partial charge in [-0.2, -0.15) is 0 Å². The molecular formula is C18H28ClFN2O. The van der Waals surface area contributed by atoms with Crippen LogP contribution in [-0.2, 0) is 0 Å². The largest absolute Gasteiger partial charge is 0.494 e. The molecule has 1 aliphatic heterocycles. The number of allylic oxidation sites excluding steroid dienone is 1. The number of halogens is 2. The van der Waals surface area contributed by atoms with E-state index in [-0.39, 0.29) is 18.2 Å². The predicted octanol–water partition coefficient (Wildman–Crippen LogP) is 3.95. The summed E-state index contributed by atoms with van der Waals surface area (Å²) in [5, 5.41) is 3.39. The van der Waals surface area contributed by atoms with Crippen LogP contribution in [0.4, 0.5) is 4.39 Å². The molecule has 5 heteroatoms. The number of nitrogens with zero attached hydrogens (tertiary/aromatic N) is 1. The normalized spacial score (nSPS) is 16.4. The Kier molecular flexibility index (Phi) is 9.22. The van der Waals surface area contributed by atoms with Crippen LogP contribution >= 0.6 is 12.4 Å². The summed E-state index contributed by atoms with van der Waals surface area (Å²) in [4.78, 5) is 2.50. The molecule has 0 aliphatic carbocycles. The maximum absolute atomic E-state index is 13.7. The molecule has 0 saturated carbocycles. The molecule has 1 atom stereocenters. The van der Waals surface area contributed by atoms with Crippen LogP contribution in [0.1, 0.15) is 37.3 Å². The van der Waals surface area contributed by atoms with Gasteiger partial charge in [-0.15, -0.1) is 19.0 Å². The van der Waals surface area contributed by atoms with Crippen molar-refractivity contribution in [2.24, 2.45) is 0 Å². The van der Waals surface area contributed by atoms with Gasteiger partial charge in [0, 0.05) is 32.2 Å². The van der Waals surface area contributed by atoms with E-state index in [4.69, 9.17) is 4.74 Å². The third-order valence-electron chi connectivity index (χ3n) is 4.29. The number of nitrogens with one attached hydrogen (secondary N) is 1. The van der Waals surface area contributed by atoms with Crippen LogP contribution in [0.15, 0.2) is 30.9 Å². The molecule has 1 saturated heterocycles. The molecule has 0 spiro atoms. The van der Waals surface area contributed by atoms with Crippen molar-refractivity contribution in [3.05, 3.63) is 42.2 Å². The molecule has 2 rings (SSSR count). The van der Waals surface area contributed by atoms with Crippen molar-refractivity contribution < 1.29 is 9.13 Å². The van der Waals surface area contributed by atoms with E-state index in [0.29, 0.717) is 11.8 Å². The van der Waals surface area contributed by atoms with Crippen LogP contribution in [0.5, 0.6) is 5.75 Å². The van der Waals surface area contributed by atoms with Gasteiger partial charge >= 0.3 is 0 Å². The van der Waals surface area contributed by atoms with Gasteiger partial charge in [-0.25, -0.2) is 4.39 Å². The summed E-state index contributed by atoms with van der Waals surface area (Å²) in [5.74, 6) is 0.0423. The Morgan fingerprint density at radius 2 is 2.09 bits per heavy atom. The molecule has 1 heterocycles. The van der Waals surface area contributed by atoms with E-state index in [1.54, 1.807) is 0 Å². The fourth-order valence-corrected chi connectivity index (χ4v) is 3.06. The average molecular weight is 343 g/mol.